The molecule has 0 aromatic heterocycles. The molecule has 0 radical (unpaired) electrons. The first kappa shape index (κ1) is 11.5. The van der Waals surface area contributed by atoms with E-state index in [1.54, 1.807) is 0 Å². The van der Waals surface area contributed by atoms with Crippen LogP contribution in [0, 0.1) is 11.6 Å². The van der Waals surface area contributed by atoms with Gasteiger partial charge in [0.1, 0.15) is 12.7 Å². The molecule has 16 heavy (non-hydrogen) atoms. The second kappa shape index (κ2) is 4.47. The van der Waals surface area contributed by atoms with Crippen LogP contribution >= 0.6 is 15.9 Å². The molecule has 3 nitrogen and oxygen atoms in total. The van der Waals surface area contributed by atoms with Gasteiger partial charge in [0, 0.05) is 12.1 Å². The van der Waals surface area contributed by atoms with Gasteiger partial charge >= 0.3 is 0 Å². The molecule has 1 N–H and O–H groups in total. The van der Waals surface area contributed by atoms with Crippen LogP contribution in [-0.2, 0) is 9.53 Å². The number of morpholine rings is 1. The van der Waals surface area contributed by atoms with Crippen LogP contribution in [0.15, 0.2) is 16.6 Å². The van der Waals surface area contributed by atoms with Crippen molar-refractivity contribution >= 4 is 21.8 Å². The van der Waals surface area contributed by atoms with Crippen LogP contribution in [0.1, 0.15) is 11.7 Å². The standard InChI is InChI=1S/C10H8BrF2NO2/c11-6-2-1-5(9(12)10(6)13)7-3-14-8(15)4-16-7/h1-2,7H,3-4H2,(H,14,15)/t7-/m0/s1. The first-order valence-electron chi connectivity index (χ1n) is 4.61. The van der Waals surface area contributed by atoms with Crippen molar-refractivity contribution in [1.29, 1.82) is 0 Å². The van der Waals surface area contributed by atoms with E-state index in [4.69, 9.17) is 4.74 Å². The summed E-state index contributed by atoms with van der Waals surface area (Å²) in [6.45, 7) is 0.0125. The second-order valence-electron chi connectivity index (χ2n) is 3.37. The van der Waals surface area contributed by atoms with E-state index < -0.39 is 17.7 Å². The normalized spacial score (nSPS) is 20.7. The third-order valence-corrected chi connectivity index (χ3v) is 2.92. The van der Waals surface area contributed by atoms with Crippen molar-refractivity contribution in [2.75, 3.05) is 13.2 Å². The number of halogens is 3. The molecule has 0 spiro atoms. The molecular weight excluding hydrogens is 284 g/mol. The number of carbonyl (C=O) groups excluding carboxylic acids is 1. The molecule has 1 fully saturated rings. The van der Waals surface area contributed by atoms with Crippen LogP contribution in [0.3, 0.4) is 0 Å². The molecule has 1 saturated heterocycles. The number of ether oxygens (including phenoxy) is 1. The third-order valence-electron chi connectivity index (χ3n) is 2.31. The highest BCUT2D eigenvalue weighted by molar-refractivity contribution is 9.10. The van der Waals surface area contributed by atoms with Gasteiger partial charge < -0.3 is 10.1 Å². The third kappa shape index (κ3) is 2.08. The van der Waals surface area contributed by atoms with Crippen LogP contribution in [0.5, 0.6) is 0 Å². The van der Waals surface area contributed by atoms with E-state index in [9.17, 15) is 13.6 Å². The van der Waals surface area contributed by atoms with Gasteiger partial charge in [0.05, 0.1) is 4.47 Å². The molecule has 1 atom stereocenters. The van der Waals surface area contributed by atoms with Crippen molar-refractivity contribution in [2.45, 2.75) is 6.10 Å². The van der Waals surface area contributed by atoms with Gasteiger partial charge in [-0.1, -0.05) is 6.07 Å². The lowest BCUT2D eigenvalue weighted by atomic mass is 10.1. The number of rotatable bonds is 1. The molecule has 1 aliphatic heterocycles. The fourth-order valence-electron chi connectivity index (χ4n) is 1.48. The Balaban J connectivity index is 2.27. The van der Waals surface area contributed by atoms with Crippen molar-refractivity contribution < 1.29 is 18.3 Å². The largest absolute Gasteiger partial charge is 0.362 e. The van der Waals surface area contributed by atoms with Gasteiger partial charge in [0.25, 0.3) is 0 Å². The Bertz CT molecular complexity index is 429. The Kier molecular flexibility index (Phi) is 3.20. The van der Waals surface area contributed by atoms with E-state index in [0.717, 1.165) is 0 Å². The van der Waals surface area contributed by atoms with Gasteiger partial charge in [-0.25, -0.2) is 8.78 Å². The highest BCUT2D eigenvalue weighted by atomic mass is 79.9. The average molecular weight is 292 g/mol. The lowest BCUT2D eigenvalue weighted by molar-refractivity contribution is -0.133. The van der Waals surface area contributed by atoms with Gasteiger partial charge in [0.15, 0.2) is 11.6 Å². The Morgan fingerprint density at radius 1 is 1.38 bits per heavy atom. The summed E-state index contributed by atoms with van der Waals surface area (Å²) in [7, 11) is 0. The van der Waals surface area contributed by atoms with Gasteiger partial charge in [-0.05, 0) is 22.0 Å². The smallest absolute Gasteiger partial charge is 0.246 e. The number of hydrogen-bond acceptors (Lipinski definition) is 2. The first-order chi connectivity index (χ1) is 7.59. The molecule has 0 unspecified atom stereocenters. The predicted molar refractivity (Wildman–Crippen MR) is 55.8 cm³/mol. The second-order valence-corrected chi connectivity index (χ2v) is 4.22. The first-order valence-corrected chi connectivity index (χ1v) is 5.40. The minimum Gasteiger partial charge on any atom is -0.362 e. The zero-order chi connectivity index (χ0) is 11.7. The molecule has 1 aromatic rings. The summed E-state index contributed by atoms with van der Waals surface area (Å²) in [6.07, 6.45) is -0.639. The van der Waals surface area contributed by atoms with E-state index in [1.807, 2.05) is 0 Å². The Morgan fingerprint density at radius 2 is 2.12 bits per heavy atom. The summed E-state index contributed by atoms with van der Waals surface area (Å²) in [6, 6.07) is 2.85. The minimum absolute atomic E-state index is 0.0635. The minimum atomic E-state index is -0.949. The van der Waals surface area contributed by atoms with Crippen LogP contribution in [-0.4, -0.2) is 19.1 Å². The number of hydrogen-bond donors (Lipinski definition) is 1. The summed E-state index contributed by atoms with van der Waals surface area (Å²) < 4.78 is 32.0. The van der Waals surface area contributed by atoms with Crippen molar-refractivity contribution in [3.8, 4) is 0 Å². The maximum absolute atomic E-state index is 13.5. The van der Waals surface area contributed by atoms with E-state index >= 15 is 0 Å². The molecule has 0 aliphatic carbocycles. The molecule has 0 saturated carbocycles. The summed E-state index contributed by atoms with van der Waals surface area (Å²) in [4.78, 5) is 10.8. The summed E-state index contributed by atoms with van der Waals surface area (Å²) in [5, 5.41) is 2.53. The molecule has 1 aliphatic rings. The average Bonchev–Trinajstić information content (AvgIpc) is 2.28. The zero-order valence-corrected chi connectivity index (χ0v) is 9.68. The Labute approximate surface area is 98.9 Å². The molecule has 1 amide bonds. The predicted octanol–water partition coefficient (Wildman–Crippen LogP) is 1.91. The maximum atomic E-state index is 13.5. The van der Waals surface area contributed by atoms with Gasteiger partial charge in [0.2, 0.25) is 5.91 Å². The summed E-state index contributed by atoms with van der Waals surface area (Å²) in [5.74, 6) is -2.15. The summed E-state index contributed by atoms with van der Waals surface area (Å²) in [5.41, 5.74) is 0.112. The molecule has 1 aromatic carbocycles. The van der Waals surface area contributed by atoms with Crippen molar-refractivity contribution in [1.82, 2.24) is 5.32 Å². The quantitative estimate of drug-likeness (QED) is 0.803. The molecule has 1 heterocycles. The lowest BCUT2D eigenvalue weighted by Gasteiger charge is -2.23. The fourth-order valence-corrected chi connectivity index (χ4v) is 1.79. The monoisotopic (exact) mass is 291 g/mol. The van der Waals surface area contributed by atoms with Crippen LogP contribution < -0.4 is 5.32 Å². The van der Waals surface area contributed by atoms with E-state index in [0.29, 0.717) is 0 Å². The molecule has 6 heteroatoms. The number of carbonyl (C=O) groups is 1. The van der Waals surface area contributed by atoms with Crippen LogP contribution in [0.25, 0.3) is 0 Å². The number of amides is 1. The molecule has 86 valence electrons. The van der Waals surface area contributed by atoms with Crippen molar-refractivity contribution in [3.63, 3.8) is 0 Å². The lowest BCUT2D eigenvalue weighted by Crippen LogP contribution is -2.39. The fraction of sp³-hybridized carbons (Fsp3) is 0.300. The van der Waals surface area contributed by atoms with Gasteiger partial charge in [-0.3, -0.25) is 4.79 Å². The topological polar surface area (TPSA) is 38.3 Å². The molecular formula is C10H8BrF2NO2. The van der Waals surface area contributed by atoms with E-state index in [1.165, 1.54) is 12.1 Å². The molecule has 2 rings (SSSR count). The van der Waals surface area contributed by atoms with Crippen molar-refractivity contribution in [2.24, 2.45) is 0 Å². The highest BCUT2D eigenvalue weighted by Gasteiger charge is 2.24. The SMILES string of the molecule is O=C1CO[C@H](c2ccc(Br)c(F)c2F)CN1. The number of benzene rings is 1. The Hall–Kier alpha value is -1.01. The highest BCUT2D eigenvalue weighted by Crippen LogP contribution is 2.27. The van der Waals surface area contributed by atoms with Crippen LogP contribution in [0.4, 0.5) is 8.78 Å². The Morgan fingerprint density at radius 3 is 2.75 bits per heavy atom. The van der Waals surface area contributed by atoms with Crippen LogP contribution in [0.2, 0.25) is 0 Å². The van der Waals surface area contributed by atoms with Gasteiger partial charge in [-0.15, -0.1) is 0 Å². The summed E-state index contributed by atoms with van der Waals surface area (Å²) >= 11 is 2.89. The number of nitrogens with one attached hydrogen (secondary N) is 1. The molecule has 0 bridgehead atoms. The van der Waals surface area contributed by atoms with E-state index in [2.05, 4.69) is 21.2 Å². The van der Waals surface area contributed by atoms with E-state index in [-0.39, 0.29) is 29.1 Å². The van der Waals surface area contributed by atoms with Crippen molar-refractivity contribution in [3.05, 3.63) is 33.8 Å². The zero-order valence-electron chi connectivity index (χ0n) is 8.10. The van der Waals surface area contributed by atoms with Gasteiger partial charge in [-0.2, -0.15) is 0 Å². The maximum Gasteiger partial charge on any atom is 0.246 e.